The van der Waals surface area contributed by atoms with E-state index in [1.807, 2.05) is 12.1 Å². The van der Waals surface area contributed by atoms with Crippen molar-refractivity contribution in [3.8, 4) is 5.75 Å². The Morgan fingerprint density at radius 1 is 1.17 bits per heavy atom. The molecule has 158 valence electrons. The molecule has 2 aromatic rings. The van der Waals surface area contributed by atoms with Gasteiger partial charge in [0, 0.05) is 24.7 Å². The van der Waals surface area contributed by atoms with Gasteiger partial charge in [-0.05, 0) is 30.3 Å². The molecule has 0 amide bonds. The van der Waals surface area contributed by atoms with Crippen molar-refractivity contribution in [2.75, 3.05) is 59.4 Å². The van der Waals surface area contributed by atoms with Gasteiger partial charge < -0.3 is 14.4 Å². The molecule has 1 aliphatic rings. The Hall–Kier alpha value is -2.20. The average molecular weight is 423 g/mol. The molecule has 2 heterocycles. The minimum Gasteiger partial charge on any atom is -0.497 e. The molecule has 0 unspecified atom stereocenters. The number of rotatable bonds is 8. The maximum absolute atomic E-state index is 12.7. The minimum absolute atomic E-state index is 0.228. The number of morpholine rings is 1. The van der Waals surface area contributed by atoms with Crippen LogP contribution in [-0.4, -0.2) is 66.8 Å². The number of methoxy groups -OCH3 is 1. The first-order valence-electron chi connectivity index (χ1n) is 9.69. The number of likely N-dealkylation sites (N-methyl/N-ethyl adjacent to an activating group) is 1. The number of nitrogens with one attached hydrogen (secondary N) is 3. The first-order chi connectivity index (χ1) is 13.9. The highest BCUT2D eigenvalue weighted by Crippen LogP contribution is 2.18. The molecule has 1 saturated heterocycles. The van der Waals surface area contributed by atoms with E-state index >= 15 is 0 Å². The van der Waals surface area contributed by atoms with Gasteiger partial charge in [-0.1, -0.05) is 0 Å². The summed E-state index contributed by atoms with van der Waals surface area (Å²) in [5.41, 5.74) is 1.20. The van der Waals surface area contributed by atoms with Gasteiger partial charge in [0.15, 0.2) is 6.04 Å². The van der Waals surface area contributed by atoms with Crippen LogP contribution >= 0.6 is 0 Å². The second kappa shape index (κ2) is 9.53. The van der Waals surface area contributed by atoms with Crippen molar-refractivity contribution >= 4 is 15.8 Å². The predicted molar refractivity (Wildman–Crippen MR) is 110 cm³/mol. The molecule has 0 spiro atoms. The highest BCUT2D eigenvalue weighted by Gasteiger charge is 2.27. The van der Waals surface area contributed by atoms with Crippen molar-refractivity contribution in [3.05, 3.63) is 48.2 Å². The summed E-state index contributed by atoms with van der Waals surface area (Å²) >= 11 is 0. The molecule has 9 heteroatoms. The number of sulfonamides is 1. The van der Waals surface area contributed by atoms with E-state index in [1.165, 1.54) is 21.0 Å². The first-order valence-corrected chi connectivity index (χ1v) is 11.1. The van der Waals surface area contributed by atoms with Crippen molar-refractivity contribution < 1.29 is 27.8 Å². The molecule has 0 bridgehead atoms. The van der Waals surface area contributed by atoms with E-state index in [4.69, 9.17) is 9.47 Å². The van der Waals surface area contributed by atoms with E-state index in [1.54, 1.807) is 19.2 Å². The molecule has 0 aliphatic carbocycles. The van der Waals surface area contributed by atoms with Gasteiger partial charge in [0.2, 0.25) is 10.0 Å². The summed E-state index contributed by atoms with van der Waals surface area (Å²) < 4.78 is 37.3. The summed E-state index contributed by atoms with van der Waals surface area (Å²) in [7, 11) is 2.38. The number of anilines is 1. The molecule has 1 aromatic heterocycles. The molecular weight excluding hydrogens is 392 g/mol. The molecule has 0 radical (unpaired) electrons. The smallest absolute Gasteiger partial charge is 0.272 e. The Bertz CT molecular complexity index is 880. The summed E-state index contributed by atoms with van der Waals surface area (Å²) in [4.78, 5) is 4.61. The number of benzene rings is 1. The van der Waals surface area contributed by atoms with Crippen LogP contribution in [0.25, 0.3) is 0 Å². The zero-order valence-electron chi connectivity index (χ0n) is 17.1. The Morgan fingerprint density at radius 3 is 2.41 bits per heavy atom. The molecule has 29 heavy (non-hydrogen) atoms. The number of ether oxygens (including phenoxy) is 2. The fourth-order valence-electron chi connectivity index (χ4n) is 3.32. The lowest BCUT2D eigenvalue weighted by Gasteiger charge is -2.25. The fourth-order valence-corrected chi connectivity index (χ4v) is 4.70. The number of aromatic nitrogens is 1. The van der Waals surface area contributed by atoms with Crippen LogP contribution in [0.1, 0.15) is 11.6 Å². The van der Waals surface area contributed by atoms with Gasteiger partial charge in [0.25, 0.3) is 5.82 Å². The Morgan fingerprint density at radius 2 is 1.86 bits per heavy atom. The van der Waals surface area contributed by atoms with Gasteiger partial charge in [-0.3, -0.25) is 5.32 Å². The second-order valence-corrected chi connectivity index (χ2v) is 9.18. The van der Waals surface area contributed by atoms with E-state index in [2.05, 4.69) is 36.5 Å². The van der Waals surface area contributed by atoms with Crippen LogP contribution in [0.3, 0.4) is 0 Å². The number of nitrogens with zero attached hydrogens (tertiary/aromatic N) is 1. The zero-order valence-corrected chi connectivity index (χ0v) is 18.0. The Labute approximate surface area is 172 Å². The quantitative estimate of drug-likeness (QED) is 0.617. The summed E-state index contributed by atoms with van der Waals surface area (Å²) in [5, 5.41) is 3.38. The first kappa shape index (κ1) is 21.5. The average Bonchev–Trinajstić information content (AvgIpc) is 2.75. The maximum atomic E-state index is 12.7. The van der Waals surface area contributed by atoms with E-state index < -0.39 is 10.0 Å². The van der Waals surface area contributed by atoms with Crippen LogP contribution in [0.15, 0.2) is 47.5 Å². The highest BCUT2D eigenvalue weighted by molar-refractivity contribution is 7.89. The maximum Gasteiger partial charge on any atom is 0.272 e. The summed E-state index contributed by atoms with van der Waals surface area (Å²) in [5.74, 6) is 1.60. The molecule has 3 rings (SSSR count). The van der Waals surface area contributed by atoms with Crippen LogP contribution in [-0.2, 0) is 14.8 Å². The van der Waals surface area contributed by atoms with Gasteiger partial charge in [0.1, 0.15) is 23.4 Å². The summed E-state index contributed by atoms with van der Waals surface area (Å²) in [6.07, 6.45) is 1.54. The van der Waals surface area contributed by atoms with Crippen molar-refractivity contribution in [1.82, 2.24) is 4.31 Å². The van der Waals surface area contributed by atoms with Gasteiger partial charge >= 0.3 is 0 Å². The van der Waals surface area contributed by atoms with E-state index in [0.29, 0.717) is 32.8 Å². The highest BCUT2D eigenvalue weighted by atomic mass is 32.2. The lowest BCUT2D eigenvalue weighted by molar-refractivity contribution is -0.890. The predicted octanol–water partition coefficient (Wildman–Crippen LogP) is -0.172. The van der Waals surface area contributed by atoms with Crippen LogP contribution in [0.4, 0.5) is 5.82 Å². The normalized spacial score (nSPS) is 16.6. The van der Waals surface area contributed by atoms with Gasteiger partial charge in [-0.25, -0.2) is 13.4 Å². The third kappa shape index (κ3) is 5.24. The third-order valence-corrected chi connectivity index (χ3v) is 7.00. The zero-order chi connectivity index (χ0) is 20.9. The van der Waals surface area contributed by atoms with Crippen molar-refractivity contribution in [1.29, 1.82) is 0 Å². The number of quaternary nitrogens is 1. The SMILES string of the molecule is COc1ccc([C@@H](CNc2ccc(S(=O)(=O)N3CCOCC3)c[nH+]2)[NH+](C)C)cc1. The summed E-state index contributed by atoms with van der Waals surface area (Å²) in [6.45, 7) is 2.33. The van der Waals surface area contributed by atoms with E-state index in [0.717, 1.165) is 11.6 Å². The molecule has 1 aromatic carbocycles. The van der Waals surface area contributed by atoms with Crippen LogP contribution < -0.4 is 19.9 Å². The number of H-pyrrole nitrogens is 1. The van der Waals surface area contributed by atoms with E-state index in [-0.39, 0.29) is 10.9 Å². The minimum atomic E-state index is -3.49. The van der Waals surface area contributed by atoms with Gasteiger partial charge in [-0.2, -0.15) is 4.31 Å². The largest absolute Gasteiger partial charge is 0.497 e. The monoisotopic (exact) mass is 422 g/mol. The van der Waals surface area contributed by atoms with Crippen molar-refractivity contribution in [2.45, 2.75) is 10.9 Å². The van der Waals surface area contributed by atoms with Crippen LogP contribution in [0.2, 0.25) is 0 Å². The molecule has 3 N–H and O–H groups in total. The summed E-state index contributed by atoms with van der Waals surface area (Å²) in [6, 6.07) is 11.7. The number of hydrogen-bond acceptors (Lipinski definition) is 5. The molecule has 1 atom stereocenters. The van der Waals surface area contributed by atoms with Gasteiger partial charge in [0.05, 0.1) is 34.4 Å². The van der Waals surface area contributed by atoms with Gasteiger partial charge in [-0.15, -0.1) is 0 Å². The fraction of sp³-hybridized carbons (Fsp3) is 0.450. The second-order valence-electron chi connectivity index (χ2n) is 7.24. The number of pyridine rings is 1. The molecule has 0 saturated carbocycles. The molecule has 1 aliphatic heterocycles. The number of aromatic amines is 1. The van der Waals surface area contributed by atoms with E-state index in [9.17, 15) is 8.42 Å². The Balaban J connectivity index is 1.66. The topological polar surface area (TPSA) is 86.5 Å². The number of hydrogen-bond donors (Lipinski definition) is 2. The Kier molecular flexibility index (Phi) is 7.07. The van der Waals surface area contributed by atoms with Crippen LogP contribution in [0, 0.1) is 0 Å². The third-order valence-electron chi connectivity index (χ3n) is 5.10. The lowest BCUT2D eigenvalue weighted by atomic mass is 10.1. The van der Waals surface area contributed by atoms with Crippen LogP contribution in [0.5, 0.6) is 5.75 Å². The molecule has 1 fully saturated rings. The lowest BCUT2D eigenvalue weighted by Crippen LogP contribution is -3.06. The molecule has 8 nitrogen and oxygen atoms in total. The standard InChI is InChI=1S/C20H28N4O4S/c1-23(2)19(16-4-6-17(27-3)7-5-16)15-22-20-9-8-18(14-21-20)29(25,26)24-10-12-28-13-11-24/h4-9,14,19H,10-13,15H2,1-3H3,(H,21,22)/p+2/t19-/m1/s1. The molecular formula is C20H30N4O4S+2. The van der Waals surface area contributed by atoms with Crippen molar-refractivity contribution in [3.63, 3.8) is 0 Å². The van der Waals surface area contributed by atoms with Crippen molar-refractivity contribution in [2.24, 2.45) is 0 Å².